The molecule has 0 aromatic rings. The first-order chi connectivity index (χ1) is 5.50. The van der Waals surface area contributed by atoms with Crippen molar-refractivity contribution in [3.8, 4) is 0 Å². The fourth-order valence-electron chi connectivity index (χ4n) is 0.964. The number of rotatable bonds is 0. The van der Waals surface area contributed by atoms with Crippen LogP contribution in [0.4, 0.5) is 0 Å². The fraction of sp³-hybridized carbons (Fsp3) is 0.750. The Morgan fingerprint density at radius 1 is 1.09 bits per heavy atom. The Morgan fingerprint density at radius 2 is 2.00 bits per heavy atom. The molecule has 0 bridgehead atoms. The van der Waals surface area contributed by atoms with Crippen molar-refractivity contribution in [3.05, 3.63) is 12.3 Å². The zero-order valence-electron chi connectivity index (χ0n) is 6.81. The second-order valence-corrected chi connectivity index (χ2v) is 2.55. The maximum atomic E-state index is 5.18. The van der Waals surface area contributed by atoms with Crippen LogP contribution in [0.3, 0.4) is 0 Å². The second kappa shape index (κ2) is 6.19. The van der Waals surface area contributed by atoms with Gasteiger partial charge >= 0.3 is 0 Å². The smallest absolute Gasteiger partial charge is 0.0997 e. The summed E-state index contributed by atoms with van der Waals surface area (Å²) in [6, 6.07) is 0. The van der Waals surface area contributed by atoms with Crippen LogP contribution in [0.5, 0.6) is 0 Å². The highest BCUT2D eigenvalue weighted by atomic mass is 16.5. The van der Waals surface area contributed by atoms with Crippen molar-refractivity contribution in [1.29, 1.82) is 0 Å². The molecule has 1 aliphatic rings. The predicted octanol–water partition coefficient (Wildman–Crippen LogP) is 0.0996. The SMILES string of the molecule is C1=C\OCCNCCCNC/1. The van der Waals surface area contributed by atoms with Crippen molar-refractivity contribution in [2.75, 3.05) is 32.8 Å². The van der Waals surface area contributed by atoms with Gasteiger partial charge in [0.15, 0.2) is 0 Å². The fourth-order valence-corrected chi connectivity index (χ4v) is 0.964. The summed E-state index contributed by atoms with van der Waals surface area (Å²) in [7, 11) is 0. The van der Waals surface area contributed by atoms with E-state index in [1.807, 2.05) is 6.08 Å². The van der Waals surface area contributed by atoms with E-state index in [0.717, 1.165) is 32.8 Å². The minimum absolute atomic E-state index is 0.774. The van der Waals surface area contributed by atoms with Crippen LogP contribution in [-0.4, -0.2) is 32.8 Å². The van der Waals surface area contributed by atoms with Gasteiger partial charge < -0.3 is 15.4 Å². The summed E-state index contributed by atoms with van der Waals surface area (Å²) >= 11 is 0. The third-order valence-corrected chi connectivity index (χ3v) is 1.56. The summed E-state index contributed by atoms with van der Waals surface area (Å²) in [4.78, 5) is 0. The van der Waals surface area contributed by atoms with E-state index in [1.54, 1.807) is 6.26 Å². The normalized spacial score (nSPS) is 24.7. The van der Waals surface area contributed by atoms with Crippen molar-refractivity contribution < 1.29 is 4.74 Å². The Kier molecular flexibility index (Phi) is 4.81. The third-order valence-electron chi connectivity index (χ3n) is 1.56. The monoisotopic (exact) mass is 156 g/mol. The molecular formula is C8H16N2O. The third kappa shape index (κ3) is 4.81. The molecule has 0 amide bonds. The first kappa shape index (κ1) is 8.56. The highest BCUT2D eigenvalue weighted by Gasteiger charge is 1.89. The highest BCUT2D eigenvalue weighted by Crippen LogP contribution is 1.80. The van der Waals surface area contributed by atoms with Crippen LogP contribution in [-0.2, 0) is 4.74 Å². The Morgan fingerprint density at radius 3 is 3.00 bits per heavy atom. The van der Waals surface area contributed by atoms with Crippen LogP contribution in [0, 0.1) is 0 Å². The van der Waals surface area contributed by atoms with Crippen molar-refractivity contribution >= 4 is 0 Å². The van der Waals surface area contributed by atoms with Crippen LogP contribution >= 0.6 is 0 Å². The van der Waals surface area contributed by atoms with E-state index in [2.05, 4.69) is 10.6 Å². The summed E-state index contributed by atoms with van der Waals surface area (Å²) in [6.07, 6.45) is 4.96. The van der Waals surface area contributed by atoms with Crippen molar-refractivity contribution in [2.45, 2.75) is 6.42 Å². The summed E-state index contributed by atoms with van der Waals surface area (Å²) in [5, 5.41) is 6.56. The van der Waals surface area contributed by atoms with Crippen LogP contribution in [0.15, 0.2) is 12.3 Å². The second-order valence-electron chi connectivity index (χ2n) is 2.55. The molecule has 0 aromatic heterocycles. The van der Waals surface area contributed by atoms with E-state index in [9.17, 15) is 0 Å². The largest absolute Gasteiger partial charge is 0.500 e. The van der Waals surface area contributed by atoms with Crippen LogP contribution in [0.1, 0.15) is 6.42 Å². The van der Waals surface area contributed by atoms with E-state index in [-0.39, 0.29) is 0 Å². The quantitative estimate of drug-likeness (QED) is 0.522. The van der Waals surface area contributed by atoms with Crippen LogP contribution < -0.4 is 10.6 Å². The van der Waals surface area contributed by atoms with E-state index in [0.29, 0.717) is 0 Å². The molecule has 3 nitrogen and oxygen atoms in total. The Bertz CT molecular complexity index is 103. The van der Waals surface area contributed by atoms with Gasteiger partial charge in [-0.25, -0.2) is 0 Å². The zero-order chi connectivity index (χ0) is 7.78. The molecule has 2 N–H and O–H groups in total. The van der Waals surface area contributed by atoms with Crippen molar-refractivity contribution in [2.24, 2.45) is 0 Å². The summed E-state index contributed by atoms with van der Waals surface area (Å²) < 4.78 is 5.18. The number of hydrogen-bond acceptors (Lipinski definition) is 3. The lowest BCUT2D eigenvalue weighted by atomic mass is 10.4. The first-order valence-corrected chi connectivity index (χ1v) is 4.18. The predicted molar refractivity (Wildman–Crippen MR) is 45.4 cm³/mol. The summed E-state index contributed by atoms with van der Waals surface area (Å²) in [5.74, 6) is 0. The van der Waals surface area contributed by atoms with Gasteiger partial charge in [0, 0.05) is 13.1 Å². The summed E-state index contributed by atoms with van der Waals surface area (Å²) in [6.45, 7) is 4.80. The molecule has 0 unspecified atom stereocenters. The lowest BCUT2D eigenvalue weighted by Gasteiger charge is -2.02. The van der Waals surface area contributed by atoms with E-state index >= 15 is 0 Å². The van der Waals surface area contributed by atoms with Gasteiger partial charge in [0.2, 0.25) is 0 Å². The average molecular weight is 156 g/mol. The topological polar surface area (TPSA) is 33.3 Å². The molecule has 0 fully saturated rings. The maximum absolute atomic E-state index is 5.18. The molecule has 0 atom stereocenters. The van der Waals surface area contributed by atoms with Crippen molar-refractivity contribution in [1.82, 2.24) is 10.6 Å². The molecule has 0 aliphatic carbocycles. The molecule has 11 heavy (non-hydrogen) atoms. The Labute approximate surface area is 67.8 Å². The van der Waals surface area contributed by atoms with Crippen LogP contribution in [0.25, 0.3) is 0 Å². The number of hydrogen-bond donors (Lipinski definition) is 2. The van der Waals surface area contributed by atoms with Gasteiger partial charge in [0.1, 0.15) is 0 Å². The lowest BCUT2D eigenvalue weighted by molar-refractivity contribution is 0.249. The Hall–Kier alpha value is -0.540. The molecule has 64 valence electrons. The first-order valence-electron chi connectivity index (χ1n) is 4.18. The van der Waals surface area contributed by atoms with Crippen LogP contribution in [0.2, 0.25) is 0 Å². The molecule has 1 aliphatic heterocycles. The number of ether oxygens (including phenoxy) is 1. The zero-order valence-corrected chi connectivity index (χ0v) is 6.81. The molecule has 0 saturated carbocycles. The van der Waals surface area contributed by atoms with Gasteiger partial charge in [-0.3, -0.25) is 0 Å². The van der Waals surface area contributed by atoms with Gasteiger partial charge in [-0.2, -0.15) is 0 Å². The number of nitrogens with one attached hydrogen (secondary N) is 2. The van der Waals surface area contributed by atoms with Gasteiger partial charge in [0.25, 0.3) is 0 Å². The molecule has 0 saturated heterocycles. The van der Waals surface area contributed by atoms with E-state index < -0.39 is 0 Å². The van der Waals surface area contributed by atoms with Gasteiger partial charge in [-0.15, -0.1) is 0 Å². The average Bonchev–Trinajstić information content (AvgIpc) is 2.08. The molecule has 0 aromatic carbocycles. The summed E-state index contributed by atoms with van der Waals surface area (Å²) in [5.41, 5.74) is 0. The molecule has 1 heterocycles. The molecule has 1 rings (SSSR count). The lowest BCUT2D eigenvalue weighted by Crippen LogP contribution is -2.23. The molecular weight excluding hydrogens is 140 g/mol. The Balaban J connectivity index is 2.11. The minimum Gasteiger partial charge on any atom is -0.500 e. The molecule has 3 heteroatoms. The minimum atomic E-state index is 0.774. The van der Waals surface area contributed by atoms with Gasteiger partial charge in [-0.05, 0) is 25.6 Å². The highest BCUT2D eigenvalue weighted by molar-refractivity contribution is 4.76. The van der Waals surface area contributed by atoms with E-state index in [1.165, 1.54) is 6.42 Å². The molecule has 0 spiro atoms. The standard InChI is InChI=1S/C8H16N2O/c1-3-9-5-2-7-11-8-6-10-4-1/h2,7,9-10H,1,3-6,8H2/b7-2-. The van der Waals surface area contributed by atoms with E-state index in [4.69, 9.17) is 4.74 Å². The maximum Gasteiger partial charge on any atom is 0.0997 e. The molecule has 0 radical (unpaired) electrons. The van der Waals surface area contributed by atoms with Gasteiger partial charge in [0.05, 0.1) is 12.9 Å². The van der Waals surface area contributed by atoms with Crippen molar-refractivity contribution in [3.63, 3.8) is 0 Å². The van der Waals surface area contributed by atoms with Gasteiger partial charge in [-0.1, -0.05) is 0 Å².